The Hall–Kier alpha value is -1.53. The average Bonchev–Trinajstić information content (AvgIpc) is 2.92. The van der Waals surface area contributed by atoms with Crippen LogP contribution in [0, 0.1) is 6.92 Å². The lowest BCUT2D eigenvalue weighted by Gasteiger charge is -2.34. The maximum atomic E-state index is 5.88. The first-order valence-electron chi connectivity index (χ1n) is 8.26. The first-order valence-corrected chi connectivity index (χ1v) is 8.26. The largest absolute Gasteiger partial charge is 0.465 e. The molecule has 2 N–H and O–H groups in total. The summed E-state index contributed by atoms with van der Waals surface area (Å²) in [5.74, 6) is 2.73. The summed E-state index contributed by atoms with van der Waals surface area (Å²) in [5.41, 5.74) is -0.0302. The Morgan fingerprint density at radius 1 is 1.30 bits per heavy atom. The minimum absolute atomic E-state index is 0.0302. The van der Waals surface area contributed by atoms with E-state index in [-0.39, 0.29) is 11.6 Å². The van der Waals surface area contributed by atoms with E-state index >= 15 is 0 Å². The van der Waals surface area contributed by atoms with Gasteiger partial charge < -0.3 is 19.8 Å². The van der Waals surface area contributed by atoms with Crippen LogP contribution < -0.4 is 10.6 Å². The lowest BCUT2D eigenvalue weighted by atomic mass is 10.1. The number of furan rings is 1. The van der Waals surface area contributed by atoms with Gasteiger partial charge in [0.05, 0.1) is 19.3 Å². The highest BCUT2D eigenvalue weighted by atomic mass is 16.5. The highest BCUT2D eigenvalue weighted by Gasteiger charge is 2.25. The molecule has 0 saturated carbocycles. The zero-order valence-corrected chi connectivity index (χ0v) is 15.0. The molecular formula is C17H30N4O2. The molecule has 0 amide bonds. The number of guanidine groups is 1. The second-order valence-electron chi connectivity index (χ2n) is 6.94. The number of ether oxygens (including phenoxy) is 1. The standard InChI is InChI=1S/C17H30N4O2/c1-13-6-7-15(23-13)14(21-8-10-22-11-9-21)12-19-16(18-5)20-17(2,3)4/h6-7,14H,8-12H2,1-5H3,(H2,18,19,20). The Balaban J connectivity index is 2.05. The van der Waals surface area contributed by atoms with E-state index < -0.39 is 0 Å². The van der Waals surface area contributed by atoms with E-state index in [1.54, 1.807) is 7.05 Å². The van der Waals surface area contributed by atoms with Crippen molar-refractivity contribution in [2.45, 2.75) is 39.3 Å². The zero-order chi connectivity index (χ0) is 16.9. The highest BCUT2D eigenvalue weighted by molar-refractivity contribution is 5.80. The molecule has 1 aromatic rings. The highest BCUT2D eigenvalue weighted by Crippen LogP contribution is 2.23. The molecular weight excluding hydrogens is 292 g/mol. The van der Waals surface area contributed by atoms with Gasteiger partial charge in [-0.2, -0.15) is 0 Å². The number of nitrogens with zero attached hydrogens (tertiary/aromatic N) is 2. The second kappa shape index (κ2) is 7.84. The van der Waals surface area contributed by atoms with Crippen LogP contribution in [-0.2, 0) is 4.74 Å². The summed E-state index contributed by atoms with van der Waals surface area (Å²) in [4.78, 5) is 6.71. The fourth-order valence-corrected chi connectivity index (χ4v) is 2.66. The molecule has 0 aliphatic carbocycles. The Labute approximate surface area is 139 Å². The Morgan fingerprint density at radius 2 is 2.00 bits per heavy atom. The van der Waals surface area contributed by atoms with E-state index in [9.17, 15) is 0 Å². The molecule has 6 heteroatoms. The fraction of sp³-hybridized carbons (Fsp3) is 0.706. The molecule has 1 aliphatic rings. The fourth-order valence-electron chi connectivity index (χ4n) is 2.66. The van der Waals surface area contributed by atoms with Gasteiger partial charge >= 0.3 is 0 Å². The van der Waals surface area contributed by atoms with Crippen molar-refractivity contribution in [2.24, 2.45) is 4.99 Å². The van der Waals surface area contributed by atoms with Crippen LogP contribution in [0.2, 0.25) is 0 Å². The summed E-state index contributed by atoms with van der Waals surface area (Å²) in [6, 6.07) is 4.26. The molecule has 1 saturated heterocycles. The van der Waals surface area contributed by atoms with Crippen LogP contribution >= 0.6 is 0 Å². The van der Waals surface area contributed by atoms with Crippen molar-refractivity contribution >= 4 is 5.96 Å². The van der Waals surface area contributed by atoms with Crippen LogP contribution in [0.3, 0.4) is 0 Å². The number of rotatable bonds is 4. The third-order valence-corrected chi connectivity index (χ3v) is 3.76. The van der Waals surface area contributed by atoms with Crippen molar-refractivity contribution in [3.8, 4) is 0 Å². The average molecular weight is 322 g/mol. The van der Waals surface area contributed by atoms with E-state index in [0.717, 1.165) is 50.3 Å². The molecule has 1 unspecified atom stereocenters. The van der Waals surface area contributed by atoms with Gasteiger partial charge in [-0.25, -0.2) is 0 Å². The number of morpholine rings is 1. The second-order valence-corrected chi connectivity index (χ2v) is 6.94. The number of hydrogen-bond acceptors (Lipinski definition) is 4. The van der Waals surface area contributed by atoms with Gasteiger partial charge in [0, 0.05) is 32.2 Å². The summed E-state index contributed by atoms with van der Waals surface area (Å²) in [6.07, 6.45) is 0. The number of nitrogens with one attached hydrogen (secondary N) is 2. The van der Waals surface area contributed by atoms with Gasteiger partial charge in [0.2, 0.25) is 0 Å². The molecule has 1 atom stereocenters. The quantitative estimate of drug-likeness (QED) is 0.655. The molecule has 0 spiro atoms. The lowest BCUT2D eigenvalue weighted by Crippen LogP contribution is -2.50. The molecule has 1 aromatic heterocycles. The van der Waals surface area contributed by atoms with Crippen molar-refractivity contribution in [3.05, 3.63) is 23.7 Å². The van der Waals surface area contributed by atoms with Crippen molar-refractivity contribution in [1.29, 1.82) is 0 Å². The summed E-state index contributed by atoms with van der Waals surface area (Å²) in [7, 11) is 1.79. The minimum atomic E-state index is -0.0302. The van der Waals surface area contributed by atoms with Crippen molar-refractivity contribution in [3.63, 3.8) is 0 Å². The van der Waals surface area contributed by atoms with Gasteiger partial charge in [-0.05, 0) is 39.8 Å². The van der Waals surface area contributed by atoms with Crippen molar-refractivity contribution in [2.75, 3.05) is 39.9 Å². The maximum absolute atomic E-state index is 5.88. The van der Waals surface area contributed by atoms with Crippen LogP contribution in [0.25, 0.3) is 0 Å². The van der Waals surface area contributed by atoms with Crippen LogP contribution in [0.1, 0.15) is 38.3 Å². The normalized spacial score (nSPS) is 18.7. The molecule has 1 aliphatic heterocycles. The Morgan fingerprint density at radius 3 is 2.52 bits per heavy atom. The third kappa shape index (κ3) is 5.55. The molecule has 6 nitrogen and oxygen atoms in total. The molecule has 0 radical (unpaired) electrons. The molecule has 0 bridgehead atoms. The minimum Gasteiger partial charge on any atom is -0.465 e. The number of hydrogen-bond donors (Lipinski definition) is 2. The van der Waals surface area contributed by atoms with Crippen LogP contribution in [-0.4, -0.2) is 56.3 Å². The van der Waals surface area contributed by atoms with Gasteiger partial charge in [0.25, 0.3) is 0 Å². The van der Waals surface area contributed by atoms with Gasteiger partial charge in [0.1, 0.15) is 11.5 Å². The van der Waals surface area contributed by atoms with Crippen LogP contribution in [0.4, 0.5) is 0 Å². The zero-order valence-electron chi connectivity index (χ0n) is 15.0. The summed E-state index contributed by atoms with van der Waals surface area (Å²) < 4.78 is 11.4. The summed E-state index contributed by atoms with van der Waals surface area (Å²) >= 11 is 0. The van der Waals surface area contributed by atoms with E-state index in [2.05, 4.69) is 47.4 Å². The van der Waals surface area contributed by atoms with Gasteiger partial charge in [-0.1, -0.05) is 0 Å². The molecule has 130 valence electrons. The Bertz CT molecular complexity index is 513. The SMILES string of the molecule is CN=C(NCC(c1ccc(C)o1)N1CCOCC1)NC(C)(C)C. The van der Waals surface area contributed by atoms with Gasteiger partial charge in [-0.3, -0.25) is 9.89 Å². The summed E-state index contributed by atoms with van der Waals surface area (Å²) in [6.45, 7) is 12.4. The number of aliphatic imine (C=N–C) groups is 1. The monoisotopic (exact) mass is 322 g/mol. The molecule has 23 heavy (non-hydrogen) atoms. The third-order valence-electron chi connectivity index (χ3n) is 3.76. The Kier molecular flexibility index (Phi) is 6.07. The maximum Gasteiger partial charge on any atom is 0.191 e. The molecule has 0 aromatic carbocycles. The first kappa shape index (κ1) is 17.8. The van der Waals surface area contributed by atoms with E-state index in [1.165, 1.54) is 0 Å². The lowest BCUT2D eigenvalue weighted by molar-refractivity contribution is 0.0124. The summed E-state index contributed by atoms with van der Waals surface area (Å²) in [5, 5.41) is 6.81. The van der Waals surface area contributed by atoms with Gasteiger partial charge in [-0.15, -0.1) is 0 Å². The van der Waals surface area contributed by atoms with Crippen LogP contribution in [0.15, 0.2) is 21.5 Å². The van der Waals surface area contributed by atoms with Gasteiger partial charge in [0.15, 0.2) is 5.96 Å². The van der Waals surface area contributed by atoms with E-state index in [4.69, 9.17) is 9.15 Å². The molecule has 2 rings (SSSR count). The molecule has 2 heterocycles. The number of aryl methyl sites for hydroxylation is 1. The van der Waals surface area contributed by atoms with E-state index in [1.807, 2.05) is 13.0 Å². The van der Waals surface area contributed by atoms with Crippen LogP contribution in [0.5, 0.6) is 0 Å². The van der Waals surface area contributed by atoms with Crippen molar-refractivity contribution < 1.29 is 9.15 Å². The first-order chi connectivity index (χ1) is 10.9. The topological polar surface area (TPSA) is 62.0 Å². The smallest absolute Gasteiger partial charge is 0.191 e. The predicted molar refractivity (Wildman–Crippen MR) is 92.8 cm³/mol. The predicted octanol–water partition coefficient (Wildman–Crippen LogP) is 1.92. The molecule has 1 fully saturated rings. The van der Waals surface area contributed by atoms with Crippen molar-refractivity contribution in [1.82, 2.24) is 15.5 Å². The van der Waals surface area contributed by atoms with E-state index in [0.29, 0.717) is 0 Å².